The van der Waals surface area contributed by atoms with Gasteiger partial charge >= 0.3 is 0 Å². The van der Waals surface area contributed by atoms with Crippen molar-refractivity contribution < 1.29 is 4.79 Å². The average Bonchev–Trinajstić information content (AvgIpc) is 3.08. The third kappa shape index (κ3) is 3.94. The Hall–Kier alpha value is -2.11. The van der Waals surface area contributed by atoms with Gasteiger partial charge in [0.1, 0.15) is 5.78 Å². The topological polar surface area (TPSA) is 47.8 Å². The van der Waals surface area contributed by atoms with Gasteiger partial charge in [0.05, 0.1) is 5.25 Å². The van der Waals surface area contributed by atoms with Crippen LogP contribution >= 0.6 is 23.4 Å². The molecule has 27 heavy (non-hydrogen) atoms. The summed E-state index contributed by atoms with van der Waals surface area (Å²) in [5.41, 5.74) is 3.12. The molecule has 0 N–H and O–H groups in total. The van der Waals surface area contributed by atoms with Crippen LogP contribution in [0.4, 0.5) is 0 Å². The quantitative estimate of drug-likeness (QED) is 0.583. The molecule has 1 atom stereocenters. The minimum Gasteiger partial charge on any atom is -0.298 e. The van der Waals surface area contributed by atoms with E-state index in [0.29, 0.717) is 17.2 Å². The van der Waals surface area contributed by atoms with Gasteiger partial charge in [0.25, 0.3) is 0 Å². The second-order valence-corrected chi connectivity index (χ2v) is 8.41. The molecule has 6 heteroatoms. The monoisotopic (exact) mass is 397 g/mol. The molecule has 0 saturated heterocycles. The van der Waals surface area contributed by atoms with Gasteiger partial charge in [-0.15, -0.1) is 10.2 Å². The SMILES string of the molecule is Cc1ccc(-n2c(S[C@@H]3CCCCC3=O)nnc2-c2ccc(Cl)cc2)cc1. The predicted octanol–water partition coefficient (Wildman–Crippen LogP) is 5.50. The van der Waals surface area contributed by atoms with Crippen molar-refractivity contribution in [1.29, 1.82) is 0 Å². The number of Topliss-reactive ketones (excluding diaryl/α,β-unsaturated/α-hetero) is 1. The molecule has 4 nitrogen and oxygen atoms in total. The van der Waals surface area contributed by atoms with Gasteiger partial charge in [0.2, 0.25) is 0 Å². The third-order valence-corrected chi connectivity index (χ3v) is 6.28. The van der Waals surface area contributed by atoms with Crippen molar-refractivity contribution in [2.45, 2.75) is 43.0 Å². The van der Waals surface area contributed by atoms with Crippen molar-refractivity contribution in [3.8, 4) is 17.1 Å². The number of rotatable bonds is 4. The molecule has 1 aromatic heterocycles. The van der Waals surface area contributed by atoms with Crippen LogP contribution in [0, 0.1) is 6.92 Å². The van der Waals surface area contributed by atoms with Crippen LogP contribution in [0.25, 0.3) is 17.1 Å². The largest absolute Gasteiger partial charge is 0.298 e. The van der Waals surface area contributed by atoms with Crippen molar-refractivity contribution in [2.75, 3.05) is 0 Å². The van der Waals surface area contributed by atoms with E-state index >= 15 is 0 Å². The van der Waals surface area contributed by atoms with Crippen LogP contribution in [0.2, 0.25) is 5.02 Å². The minimum absolute atomic E-state index is 0.0368. The van der Waals surface area contributed by atoms with E-state index in [1.165, 1.54) is 17.3 Å². The molecule has 0 unspecified atom stereocenters. The normalized spacial score (nSPS) is 17.3. The molecule has 1 aliphatic carbocycles. The fourth-order valence-electron chi connectivity index (χ4n) is 3.26. The van der Waals surface area contributed by atoms with Crippen molar-refractivity contribution in [1.82, 2.24) is 14.8 Å². The highest BCUT2D eigenvalue weighted by atomic mass is 35.5. The molecule has 0 amide bonds. The fraction of sp³-hybridized carbons (Fsp3) is 0.286. The number of hydrogen-bond donors (Lipinski definition) is 0. The van der Waals surface area contributed by atoms with Gasteiger partial charge in [-0.3, -0.25) is 9.36 Å². The van der Waals surface area contributed by atoms with E-state index in [-0.39, 0.29) is 5.25 Å². The highest BCUT2D eigenvalue weighted by molar-refractivity contribution is 8.00. The highest BCUT2D eigenvalue weighted by Gasteiger charge is 2.26. The zero-order valence-corrected chi connectivity index (χ0v) is 16.6. The Morgan fingerprint density at radius 2 is 1.78 bits per heavy atom. The lowest BCUT2D eigenvalue weighted by Gasteiger charge is -2.20. The Kier molecular flexibility index (Phi) is 5.32. The van der Waals surface area contributed by atoms with E-state index in [4.69, 9.17) is 11.6 Å². The lowest BCUT2D eigenvalue weighted by molar-refractivity contribution is -0.119. The van der Waals surface area contributed by atoms with Crippen LogP contribution in [0.5, 0.6) is 0 Å². The molecule has 3 aromatic rings. The molecule has 138 valence electrons. The maximum atomic E-state index is 12.3. The van der Waals surface area contributed by atoms with Crippen molar-refractivity contribution in [2.24, 2.45) is 0 Å². The molecular formula is C21H20ClN3OS. The van der Waals surface area contributed by atoms with E-state index in [1.807, 2.05) is 28.8 Å². The van der Waals surface area contributed by atoms with E-state index in [2.05, 4.69) is 41.4 Å². The first kappa shape index (κ1) is 18.3. The lowest BCUT2D eigenvalue weighted by Crippen LogP contribution is -2.21. The number of aryl methyl sites for hydroxylation is 1. The number of carbonyl (C=O) groups is 1. The third-order valence-electron chi connectivity index (χ3n) is 4.77. The van der Waals surface area contributed by atoms with E-state index in [0.717, 1.165) is 41.5 Å². The van der Waals surface area contributed by atoms with Gasteiger partial charge in [0, 0.05) is 22.7 Å². The summed E-state index contributed by atoms with van der Waals surface area (Å²) in [7, 11) is 0. The summed E-state index contributed by atoms with van der Waals surface area (Å²) in [4.78, 5) is 12.3. The molecular weight excluding hydrogens is 378 g/mol. The second-order valence-electron chi connectivity index (χ2n) is 6.80. The summed E-state index contributed by atoms with van der Waals surface area (Å²) in [6, 6.07) is 15.8. The number of benzene rings is 2. The number of ketones is 1. The first-order chi connectivity index (χ1) is 13.1. The number of aromatic nitrogens is 3. The van der Waals surface area contributed by atoms with Gasteiger partial charge in [-0.25, -0.2) is 0 Å². The van der Waals surface area contributed by atoms with E-state index in [1.54, 1.807) is 0 Å². The molecule has 0 spiro atoms. The maximum absolute atomic E-state index is 12.3. The Balaban J connectivity index is 1.77. The van der Waals surface area contributed by atoms with E-state index < -0.39 is 0 Å². The molecule has 4 rings (SSSR count). The van der Waals surface area contributed by atoms with Crippen LogP contribution in [-0.4, -0.2) is 25.8 Å². The summed E-state index contributed by atoms with van der Waals surface area (Å²) in [6.07, 6.45) is 3.66. The maximum Gasteiger partial charge on any atom is 0.196 e. The van der Waals surface area contributed by atoms with Crippen molar-refractivity contribution in [3.63, 3.8) is 0 Å². The highest BCUT2D eigenvalue weighted by Crippen LogP contribution is 2.34. The number of thioether (sulfide) groups is 1. The molecule has 1 heterocycles. The number of hydrogen-bond acceptors (Lipinski definition) is 4. The summed E-state index contributed by atoms with van der Waals surface area (Å²) in [6.45, 7) is 2.06. The standard InChI is InChI=1S/C21H20ClN3OS/c1-14-6-12-17(13-7-14)25-20(15-8-10-16(22)11-9-15)23-24-21(25)27-19-5-3-2-4-18(19)26/h6-13,19H,2-5H2,1H3/t19-/m1/s1. The Morgan fingerprint density at radius 1 is 1.04 bits per heavy atom. The fourth-order valence-corrected chi connectivity index (χ4v) is 4.56. The Morgan fingerprint density at radius 3 is 2.48 bits per heavy atom. The van der Waals surface area contributed by atoms with Crippen LogP contribution in [0.3, 0.4) is 0 Å². The molecule has 0 aliphatic heterocycles. The Bertz CT molecular complexity index is 951. The average molecular weight is 398 g/mol. The van der Waals surface area contributed by atoms with Crippen molar-refractivity contribution >= 4 is 29.1 Å². The molecule has 1 aliphatic rings. The number of halogens is 1. The van der Waals surface area contributed by atoms with Gasteiger partial charge < -0.3 is 0 Å². The van der Waals surface area contributed by atoms with Crippen LogP contribution in [0.1, 0.15) is 31.2 Å². The molecule has 2 aromatic carbocycles. The van der Waals surface area contributed by atoms with Crippen LogP contribution in [0.15, 0.2) is 53.7 Å². The molecule has 0 radical (unpaired) electrons. The van der Waals surface area contributed by atoms with Gasteiger partial charge in [-0.2, -0.15) is 0 Å². The first-order valence-corrected chi connectivity index (χ1v) is 10.4. The van der Waals surface area contributed by atoms with Crippen molar-refractivity contribution in [3.05, 3.63) is 59.1 Å². The predicted molar refractivity (Wildman–Crippen MR) is 110 cm³/mol. The summed E-state index contributed by atoms with van der Waals surface area (Å²) >= 11 is 7.57. The van der Waals surface area contributed by atoms with Crippen LogP contribution < -0.4 is 0 Å². The molecule has 0 bridgehead atoms. The van der Waals surface area contributed by atoms with Gasteiger partial charge in [-0.05, 0) is 56.2 Å². The summed E-state index contributed by atoms with van der Waals surface area (Å²) in [5, 5.41) is 10.3. The molecule has 1 fully saturated rings. The second kappa shape index (κ2) is 7.87. The zero-order valence-electron chi connectivity index (χ0n) is 15.1. The van der Waals surface area contributed by atoms with Gasteiger partial charge in [-0.1, -0.05) is 47.5 Å². The number of nitrogens with zero attached hydrogens (tertiary/aromatic N) is 3. The summed E-state index contributed by atoms with van der Waals surface area (Å²) < 4.78 is 2.04. The number of carbonyl (C=O) groups excluding carboxylic acids is 1. The van der Waals surface area contributed by atoms with Crippen LogP contribution in [-0.2, 0) is 4.79 Å². The summed E-state index contributed by atoms with van der Waals surface area (Å²) in [5.74, 6) is 1.07. The van der Waals surface area contributed by atoms with Gasteiger partial charge in [0.15, 0.2) is 11.0 Å². The van der Waals surface area contributed by atoms with E-state index in [9.17, 15) is 4.79 Å². The smallest absolute Gasteiger partial charge is 0.196 e. The first-order valence-electron chi connectivity index (χ1n) is 9.09. The Labute approximate surface area is 168 Å². The molecule has 1 saturated carbocycles. The minimum atomic E-state index is -0.0368. The lowest BCUT2D eigenvalue weighted by atomic mass is 9.99. The zero-order chi connectivity index (χ0) is 18.8.